The maximum Gasteiger partial charge on any atom is 0.134 e. The van der Waals surface area contributed by atoms with E-state index in [9.17, 15) is 0 Å². The lowest BCUT2D eigenvalue weighted by Gasteiger charge is -2.20. The zero-order chi connectivity index (χ0) is 14.1. The molecule has 3 nitrogen and oxygen atoms in total. The van der Waals surface area contributed by atoms with Crippen LogP contribution in [0.1, 0.15) is 50.0 Å². The largest absolute Gasteiger partial charge is 0.459 e. The van der Waals surface area contributed by atoms with Crippen LogP contribution in [0.4, 0.5) is 0 Å². The Labute approximate surface area is 120 Å². The summed E-state index contributed by atoms with van der Waals surface area (Å²) in [5, 5.41) is 1.17. The van der Waals surface area contributed by atoms with Crippen molar-refractivity contribution in [1.82, 2.24) is 5.43 Å². The summed E-state index contributed by atoms with van der Waals surface area (Å²) >= 11 is 0. The van der Waals surface area contributed by atoms with E-state index in [0.29, 0.717) is 5.92 Å². The average molecular weight is 272 g/mol. The first-order valence-corrected chi connectivity index (χ1v) is 7.67. The first kappa shape index (κ1) is 13.7. The van der Waals surface area contributed by atoms with Crippen molar-refractivity contribution < 1.29 is 4.42 Å². The number of furan rings is 1. The Hall–Kier alpha value is -1.32. The second-order valence-electron chi connectivity index (χ2n) is 6.18. The van der Waals surface area contributed by atoms with Gasteiger partial charge in [0, 0.05) is 5.39 Å². The van der Waals surface area contributed by atoms with Gasteiger partial charge in [-0.2, -0.15) is 0 Å². The number of hydrazine groups is 1. The summed E-state index contributed by atoms with van der Waals surface area (Å²) in [4.78, 5) is 0. The van der Waals surface area contributed by atoms with Gasteiger partial charge in [0.05, 0.1) is 6.04 Å². The molecular weight excluding hydrogens is 248 g/mol. The van der Waals surface area contributed by atoms with Crippen LogP contribution in [0.2, 0.25) is 0 Å². The van der Waals surface area contributed by atoms with Gasteiger partial charge in [-0.15, -0.1) is 0 Å². The van der Waals surface area contributed by atoms with Crippen LogP contribution < -0.4 is 11.3 Å². The molecule has 1 aliphatic rings. The minimum atomic E-state index is 0.138. The van der Waals surface area contributed by atoms with Gasteiger partial charge in [0.15, 0.2) is 0 Å². The SMILES string of the molecule is CCC1CCC(C(NN)c2cc3cc(C)ccc3o2)C1. The summed E-state index contributed by atoms with van der Waals surface area (Å²) in [6.45, 7) is 4.38. The maximum absolute atomic E-state index is 6.01. The molecule has 3 N–H and O–H groups in total. The van der Waals surface area contributed by atoms with Gasteiger partial charge in [0.1, 0.15) is 11.3 Å². The Bertz CT molecular complexity index is 590. The molecule has 1 heterocycles. The topological polar surface area (TPSA) is 51.2 Å². The number of aryl methyl sites for hydroxylation is 1. The quantitative estimate of drug-likeness (QED) is 0.651. The van der Waals surface area contributed by atoms with Gasteiger partial charge < -0.3 is 4.42 Å². The van der Waals surface area contributed by atoms with E-state index in [0.717, 1.165) is 17.3 Å². The fraction of sp³-hybridized carbons (Fsp3) is 0.529. The van der Waals surface area contributed by atoms with E-state index >= 15 is 0 Å². The fourth-order valence-corrected chi connectivity index (χ4v) is 3.57. The normalized spacial score (nSPS) is 24.4. The van der Waals surface area contributed by atoms with E-state index in [1.807, 2.05) is 6.07 Å². The molecule has 0 amide bonds. The summed E-state index contributed by atoms with van der Waals surface area (Å²) < 4.78 is 6.01. The van der Waals surface area contributed by atoms with Gasteiger partial charge >= 0.3 is 0 Å². The minimum absolute atomic E-state index is 0.138. The third kappa shape index (κ3) is 2.48. The van der Waals surface area contributed by atoms with Crippen LogP contribution in [0.25, 0.3) is 11.0 Å². The Balaban J connectivity index is 1.87. The third-order valence-corrected chi connectivity index (χ3v) is 4.81. The zero-order valence-electron chi connectivity index (χ0n) is 12.4. The molecule has 20 heavy (non-hydrogen) atoms. The van der Waals surface area contributed by atoms with E-state index in [4.69, 9.17) is 10.3 Å². The average Bonchev–Trinajstić information content (AvgIpc) is 3.06. The first-order valence-electron chi connectivity index (χ1n) is 7.67. The van der Waals surface area contributed by atoms with Crippen LogP contribution in [0.15, 0.2) is 28.7 Å². The van der Waals surface area contributed by atoms with Gasteiger partial charge in [-0.1, -0.05) is 31.4 Å². The van der Waals surface area contributed by atoms with Crippen molar-refractivity contribution >= 4 is 11.0 Å². The molecule has 0 bridgehead atoms. The van der Waals surface area contributed by atoms with Gasteiger partial charge in [-0.05, 0) is 49.8 Å². The van der Waals surface area contributed by atoms with Crippen molar-refractivity contribution in [3.63, 3.8) is 0 Å². The molecule has 0 spiro atoms. The summed E-state index contributed by atoms with van der Waals surface area (Å²) in [6.07, 6.45) is 5.08. The molecule has 0 aliphatic heterocycles. The van der Waals surface area contributed by atoms with E-state index in [1.54, 1.807) is 0 Å². The number of hydrogen-bond donors (Lipinski definition) is 2. The van der Waals surface area contributed by atoms with Gasteiger partial charge in [-0.25, -0.2) is 5.43 Å². The van der Waals surface area contributed by atoms with Crippen molar-refractivity contribution in [1.29, 1.82) is 0 Å². The number of nitrogens with one attached hydrogen (secondary N) is 1. The standard InChI is InChI=1S/C17H24N2O/c1-3-12-5-6-13(9-12)17(19-18)16-10-14-8-11(2)4-7-15(14)20-16/h4,7-8,10,12-13,17,19H,3,5-6,9,18H2,1-2H3. The molecule has 0 saturated heterocycles. The number of benzene rings is 1. The molecule has 0 radical (unpaired) electrons. The first-order chi connectivity index (χ1) is 9.71. The Morgan fingerprint density at radius 1 is 1.35 bits per heavy atom. The monoisotopic (exact) mass is 272 g/mol. The summed E-state index contributed by atoms with van der Waals surface area (Å²) in [6, 6.07) is 8.58. The highest BCUT2D eigenvalue weighted by molar-refractivity contribution is 5.78. The van der Waals surface area contributed by atoms with Crippen molar-refractivity contribution in [3.8, 4) is 0 Å². The molecule has 1 fully saturated rings. The fourth-order valence-electron chi connectivity index (χ4n) is 3.57. The molecule has 1 aromatic carbocycles. The van der Waals surface area contributed by atoms with E-state index in [2.05, 4.69) is 37.5 Å². The lowest BCUT2D eigenvalue weighted by molar-refractivity contribution is 0.314. The molecule has 3 unspecified atom stereocenters. The highest BCUT2D eigenvalue weighted by Gasteiger charge is 2.32. The highest BCUT2D eigenvalue weighted by atomic mass is 16.3. The summed E-state index contributed by atoms with van der Waals surface area (Å²) in [5.74, 6) is 8.23. The molecule has 1 saturated carbocycles. The van der Waals surface area contributed by atoms with Crippen molar-refractivity contribution in [2.24, 2.45) is 17.7 Å². The molecule has 3 atom stereocenters. The zero-order valence-corrected chi connectivity index (χ0v) is 12.4. The number of rotatable bonds is 4. The predicted molar refractivity (Wildman–Crippen MR) is 82.1 cm³/mol. The molecule has 3 rings (SSSR count). The number of fused-ring (bicyclic) bond motifs is 1. The van der Waals surface area contributed by atoms with Crippen molar-refractivity contribution in [2.75, 3.05) is 0 Å². The van der Waals surface area contributed by atoms with Gasteiger partial charge in [0.25, 0.3) is 0 Å². The van der Waals surface area contributed by atoms with E-state index in [1.165, 1.54) is 36.6 Å². The summed E-state index contributed by atoms with van der Waals surface area (Å²) in [5.41, 5.74) is 5.20. The Kier molecular flexibility index (Phi) is 3.81. The van der Waals surface area contributed by atoms with Crippen LogP contribution in [0.3, 0.4) is 0 Å². The van der Waals surface area contributed by atoms with E-state index in [-0.39, 0.29) is 6.04 Å². The molecule has 2 aromatic rings. The predicted octanol–water partition coefficient (Wildman–Crippen LogP) is 4.07. The van der Waals surface area contributed by atoms with Crippen molar-refractivity contribution in [2.45, 2.75) is 45.6 Å². The summed E-state index contributed by atoms with van der Waals surface area (Å²) in [7, 11) is 0. The third-order valence-electron chi connectivity index (χ3n) is 4.81. The van der Waals surface area contributed by atoms with Crippen LogP contribution in [-0.2, 0) is 0 Å². The van der Waals surface area contributed by atoms with Crippen LogP contribution in [0, 0.1) is 18.8 Å². The molecule has 1 aliphatic carbocycles. The maximum atomic E-state index is 6.01. The minimum Gasteiger partial charge on any atom is -0.459 e. The van der Waals surface area contributed by atoms with Gasteiger partial charge in [-0.3, -0.25) is 5.84 Å². The second kappa shape index (κ2) is 5.58. The molecule has 1 aromatic heterocycles. The molecule has 3 heteroatoms. The van der Waals surface area contributed by atoms with E-state index < -0.39 is 0 Å². The highest BCUT2D eigenvalue weighted by Crippen LogP contribution is 2.41. The smallest absolute Gasteiger partial charge is 0.134 e. The van der Waals surface area contributed by atoms with Crippen LogP contribution in [0.5, 0.6) is 0 Å². The van der Waals surface area contributed by atoms with Gasteiger partial charge in [0.2, 0.25) is 0 Å². The second-order valence-corrected chi connectivity index (χ2v) is 6.18. The number of hydrogen-bond acceptors (Lipinski definition) is 3. The van der Waals surface area contributed by atoms with Crippen LogP contribution in [-0.4, -0.2) is 0 Å². The van der Waals surface area contributed by atoms with Crippen LogP contribution >= 0.6 is 0 Å². The van der Waals surface area contributed by atoms with Crippen molar-refractivity contribution in [3.05, 3.63) is 35.6 Å². The Morgan fingerprint density at radius 3 is 2.90 bits per heavy atom. The Morgan fingerprint density at radius 2 is 2.20 bits per heavy atom. The number of nitrogens with two attached hydrogens (primary N) is 1. The molecular formula is C17H24N2O. The lowest BCUT2D eigenvalue weighted by Crippen LogP contribution is -2.32. The lowest BCUT2D eigenvalue weighted by atomic mass is 9.94. The molecule has 108 valence electrons.